The summed E-state index contributed by atoms with van der Waals surface area (Å²) in [6.07, 6.45) is 3.86. The highest BCUT2D eigenvalue weighted by molar-refractivity contribution is 9.10. The Morgan fingerprint density at radius 3 is 2.71 bits per heavy atom. The van der Waals surface area contributed by atoms with Crippen LogP contribution in [0.4, 0.5) is 0 Å². The lowest BCUT2D eigenvalue weighted by Gasteiger charge is -2.06. The maximum atomic E-state index is 9.95. The van der Waals surface area contributed by atoms with Crippen LogP contribution in [-0.2, 0) is 0 Å². The molecule has 0 aliphatic heterocycles. The minimum atomic E-state index is -0.780. The predicted octanol–water partition coefficient (Wildman–Crippen LogP) is 3.03. The molecule has 1 atom stereocenters. The van der Waals surface area contributed by atoms with Gasteiger partial charge in [-0.05, 0) is 34.5 Å². The molecular weight excluding hydrogens is 248 g/mol. The number of aliphatic hydroxyl groups excluding tert-OH is 1. The average Bonchev–Trinajstić information content (AvgIpc) is 2.73. The topological polar surface area (TPSA) is 46.5 Å². The number of halogens is 1. The second-order valence-corrected chi connectivity index (χ2v) is 3.90. The summed E-state index contributed by atoms with van der Waals surface area (Å²) >= 11 is 3.29. The third kappa shape index (κ3) is 1.51. The van der Waals surface area contributed by atoms with Crippen molar-refractivity contribution in [2.24, 2.45) is 0 Å². The van der Waals surface area contributed by atoms with Crippen molar-refractivity contribution in [3.05, 3.63) is 46.2 Å². The summed E-state index contributed by atoms with van der Waals surface area (Å²) in [5.41, 5.74) is 1.63. The Balaban J connectivity index is 2.38. The molecular formula is C10H9BrO3. The molecule has 0 amide bonds. The molecule has 2 rings (SSSR count). The van der Waals surface area contributed by atoms with Crippen LogP contribution in [0.25, 0.3) is 0 Å². The van der Waals surface area contributed by atoms with E-state index in [0.717, 1.165) is 15.6 Å². The smallest absolute Gasteiger partial charge is 0.151 e. The molecule has 3 nitrogen and oxygen atoms in total. The highest BCUT2D eigenvalue weighted by Gasteiger charge is 2.19. The lowest BCUT2D eigenvalue weighted by atomic mass is 10.1. The first-order valence-electron chi connectivity index (χ1n) is 4.14. The van der Waals surface area contributed by atoms with Crippen molar-refractivity contribution >= 4 is 15.9 Å². The number of aryl methyl sites for hydroxylation is 1. The molecule has 0 fully saturated rings. The highest BCUT2D eigenvalue weighted by atomic mass is 79.9. The summed E-state index contributed by atoms with van der Waals surface area (Å²) in [5.74, 6) is 0.495. The SMILES string of the molecule is Cc1cocc1C(O)c1occc1Br. The van der Waals surface area contributed by atoms with E-state index < -0.39 is 6.10 Å². The van der Waals surface area contributed by atoms with Gasteiger partial charge in [-0.25, -0.2) is 0 Å². The first-order valence-corrected chi connectivity index (χ1v) is 4.93. The Morgan fingerprint density at radius 2 is 2.21 bits per heavy atom. The number of furan rings is 2. The highest BCUT2D eigenvalue weighted by Crippen LogP contribution is 2.31. The van der Waals surface area contributed by atoms with Crippen molar-refractivity contribution < 1.29 is 13.9 Å². The fraction of sp³-hybridized carbons (Fsp3) is 0.200. The minimum Gasteiger partial charge on any atom is -0.472 e. The van der Waals surface area contributed by atoms with Crippen LogP contribution in [0, 0.1) is 6.92 Å². The largest absolute Gasteiger partial charge is 0.472 e. The molecule has 1 N–H and O–H groups in total. The van der Waals surface area contributed by atoms with E-state index in [1.54, 1.807) is 12.3 Å². The van der Waals surface area contributed by atoms with E-state index in [9.17, 15) is 5.11 Å². The van der Waals surface area contributed by atoms with Gasteiger partial charge in [0.05, 0.1) is 23.3 Å². The quantitative estimate of drug-likeness (QED) is 0.899. The Bertz CT molecular complexity index is 390. The molecule has 0 radical (unpaired) electrons. The normalized spacial score (nSPS) is 13.1. The molecule has 14 heavy (non-hydrogen) atoms. The fourth-order valence-electron chi connectivity index (χ4n) is 1.29. The van der Waals surface area contributed by atoms with E-state index in [0.29, 0.717) is 5.76 Å². The molecule has 1 unspecified atom stereocenters. The van der Waals surface area contributed by atoms with Crippen molar-refractivity contribution in [3.63, 3.8) is 0 Å². The van der Waals surface area contributed by atoms with E-state index in [4.69, 9.17) is 8.83 Å². The number of rotatable bonds is 2. The maximum absolute atomic E-state index is 9.95. The second kappa shape index (κ2) is 3.63. The number of hydrogen-bond acceptors (Lipinski definition) is 3. The van der Waals surface area contributed by atoms with E-state index in [1.165, 1.54) is 12.5 Å². The Kier molecular flexibility index (Phi) is 2.48. The molecule has 0 saturated carbocycles. The van der Waals surface area contributed by atoms with Crippen molar-refractivity contribution in [2.45, 2.75) is 13.0 Å². The molecule has 74 valence electrons. The van der Waals surface area contributed by atoms with Crippen molar-refractivity contribution in [3.8, 4) is 0 Å². The van der Waals surface area contributed by atoms with E-state index in [1.807, 2.05) is 6.92 Å². The van der Waals surface area contributed by atoms with Crippen LogP contribution in [0.1, 0.15) is 23.0 Å². The van der Waals surface area contributed by atoms with Crippen LogP contribution in [0.5, 0.6) is 0 Å². The van der Waals surface area contributed by atoms with Gasteiger partial charge < -0.3 is 13.9 Å². The molecule has 0 bridgehead atoms. The lowest BCUT2D eigenvalue weighted by molar-refractivity contribution is 0.187. The van der Waals surface area contributed by atoms with Crippen LogP contribution < -0.4 is 0 Å². The van der Waals surface area contributed by atoms with Crippen molar-refractivity contribution in [1.82, 2.24) is 0 Å². The van der Waals surface area contributed by atoms with E-state index in [-0.39, 0.29) is 0 Å². The molecule has 4 heteroatoms. The van der Waals surface area contributed by atoms with Gasteiger partial charge in [0.25, 0.3) is 0 Å². The van der Waals surface area contributed by atoms with Crippen LogP contribution in [0.2, 0.25) is 0 Å². The van der Waals surface area contributed by atoms with Crippen molar-refractivity contribution in [1.29, 1.82) is 0 Å². The number of aliphatic hydroxyl groups is 1. The summed E-state index contributed by atoms with van der Waals surface area (Å²) < 4.78 is 10.9. The molecule has 0 aliphatic rings. The average molecular weight is 257 g/mol. The fourth-order valence-corrected chi connectivity index (χ4v) is 1.71. The zero-order valence-corrected chi connectivity index (χ0v) is 9.11. The first kappa shape index (κ1) is 9.55. The van der Waals surface area contributed by atoms with E-state index >= 15 is 0 Å². The van der Waals surface area contributed by atoms with Crippen molar-refractivity contribution in [2.75, 3.05) is 0 Å². The summed E-state index contributed by atoms with van der Waals surface area (Å²) in [6.45, 7) is 1.87. The van der Waals surface area contributed by atoms with Gasteiger partial charge >= 0.3 is 0 Å². The Hall–Kier alpha value is -1.00. The minimum absolute atomic E-state index is 0.495. The van der Waals surface area contributed by atoms with Crippen LogP contribution in [0.3, 0.4) is 0 Å². The first-order chi connectivity index (χ1) is 6.70. The molecule has 0 aromatic carbocycles. The Morgan fingerprint density at radius 1 is 1.43 bits per heavy atom. The summed E-state index contributed by atoms with van der Waals surface area (Å²) in [7, 11) is 0. The second-order valence-electron chi connectivity index (χ2n) is 3.05. The van der Waals surface area contributed by atoms with Gasteiger partial charge in [-0.2, -0.15) is 0 Å². The Labute approximate surface area is 89.5 Å². The molecule has 2 heterocycles. The van der Waals surface area contributed by atoms with Gasteiger partial charge in [-0.15, -0.1) is 0 Å². The molecule has 2 aromatic heterocycles. The van der Waals surface area contributed by atoms with Gasteiger partial charge in [0.15, 0.2) is 5.76 Å². The zero-order chi connectivity index (χ0) is 10.1. The number of hydrogen-bond donors (Lipinski definition) is 1. The standard InChI is InChI=1S/C10H9BrO3/c1-6-4-13-5-7(6)9(12)10-8(11)2-3-14-10/h2-5,9,12H,1H3. The van der Waals surface area contributed by atoms with Gasteiger partial charge in [0.1, 0.15) is 6.10 Å². The zero-order valence-electron chi connectivity index (χ0n) is 7.53. The van der Waals surface area contributed by atoms with Crippen LogP contribution in [0.15, 0.2) is 38.2 Å². The summed E-state index contributed by atoms with van der Waals surface area (Å²) in [6, 6.07) is 1.74. The van der Waals surface area contributed by atoms with Gasteiger partial charge in [0.2, 0.25) is 0 Å². The molecule has 0 spiro atoms. The van der Waals surface area contributed by atoms with Gasteiger partial charge in [-0.1, -0.05) is 0 Å². The van der Waals surface area contributed by atoms with E-state index in [2.05, 4.69) is 15.9 Å². The van der Waals surface area contributed by atoms with Crippen LogP contribution in [-0.4, -0.2) is 5.11 Å². The van der Waals surface area contributed by atoms with Gasteiger partial charge in [-0.3, -0.25) is 0 Å². The summed E-state index contributed by atoms with van der Waals surface area (Å²) in [5, 5.41) is 9.95. The predicted molar refractivity (Wildman–Crippen MR) is 53.9 cm³/mol. The summed E-state index contributed by atoms with van der Waals surface area (Å²) in [4.78, 5) is 0. The molecule has 0 saturated heterocycles. The molecule has 2 aromatic rings. The van der Waals surface area contributed by atoms with Crippen LogP contribution >= 0.6 is 15.9 Å². The third-order valence-electron chi connectivity index (χ3n) is 2.08. The molecule has 0 aliphatic carbocycles. The lowest BCUT2D eigenvalue weighted by Crippen LogP contribution is -1.98. The maximum Gasteiger partial charge on any atom is 0.151 e. The monoisotopic (exact) mass is 256 g/mol. The third-order valence-corrected chi connectivity index (χ3v) is 2.74. The van der Waals surface area contributed by atoms with Gasteiger partial charge in [0, 0.05) is 5.56 Å².